The zero-order chi connectivity index (χ0) is 16.4. The molecular formula is C18H30N4O. The van der Waals surface area contributed by atoms with Crippen molar-refractivity contribution in [2.45, 2.75) is 65.0 Å². The molecule has 3 heterocycles. The highest BCUT2D eigenvalue weighted by Gasteiger charge is 2.44. The van der Waals surface area contributed by atoms with Crippen molar-refractivity contribution in [1.29, 1.82) is 0 Å². The molecule has 1 amide bonds. The minimum Gasteiger partial charge on any atom is -0.339 e. The van der Waals surface area contributed by atoms with Gasteiger partial charge >= 0.3 is 0 Å². The van der Waals surface area contributed by atoms with E-state index in [1.165, 1.54) is 19.3 Å². The first-order valence-corrected chi connectivity index (χ1v) is 9.02. The first kappa shape index (κ1) is 16.5. The van der Waals surface area contributed by atoms with Crippen LogP contribution in [-0.4, -0.2) is 46.0 Å². The predicted octanol–water partition coefficient (Wildman–Crippen LogP) is 2.39. The van der Waals surface area contributed by atoms with Gasteiger partial charge in [-0.25, -0.2) is 4.98 Å². The highest BCUT2D eigenvalue weighted by molar-refractivity contribution is 5.77. The van der Waals surface area contributed by atoms with E-state index in [9.17, 15) is 4.79 Å². The van der Waals surface area contributed by atoms with Crippen LogP contribution >= 0.6 is 0 Å². The van der Waals surface area contributed by atoms with Crippen LogP contribution in [0.15, 0.2) is 12.4 Å². The first-order valence-electron chi connectivity index (χ1n) is 9.02. The third-order valence-corrected chi connectivity index (χ3v) is 5.58. The predicted molar refractivity (Wildman–Crippen MR) is 91.3 cm³/mol. The number of nitrogens with zero attached hydrogens (tertiary/aromatic N) is 3. The van der Waals surface area contributed by atoms with Gasteiger partial charge in [-0.05, 0) is 44.7 Å². The zero-order valence-corrected chi connectivity index (χ0v) is 14.7. The summed E-state index contributed by atoms with van der Waals surface area (Å²) in [5.41, 5.74) is 0.373. The summed E-state index contributed by atoms with van der Waals surface area (Å²) in [7, 11) is 0. The number of rotatable bonds is 4. The van der Waals surface area contributed by atoms with Gasteiger partial charge < -0.3 is 14.8 Å². The Morgan fingerprint density at radius 1 is 1.43 bits per heavy atom. The minimum absolute atomic E-state index is 0.302. The summed E-state index contributed by atoms with van der Waals surface area (Å²) in [6.07, 6.45) is 7.99. The maximum Gasteiger partial charge on any atom is 0.224 e. The van der Waals surface area contributed by atoms with Crippen LogP contribution in [0.4, 0.5) is 0 Å². The molecule has 1 atom stereocenters. The molecule has 5 heteroatoms. The second kappa shape index (κ2) is 6.63. The van der Waals surface area contributed by atoms with Gasteiger partial charge in [-0.1, -0.05) is 13.8 Å². The average molecular weight is 318 g/mol. The molecule has 0 radical (unpaired) electrons. The Labute approximate surface area is 139 Å². The standard InChI is InChI=1S/C18H30N4O/c1-14(2)17-20-9-11-21(17)10-4-16(23)22-13-18(12-15(22)3)5-7-19-8-6-18/h9,11,14-15,19H,4-8,10,12-13H2,1-3H3. The van der Waals surface area contributed by atoms with E-state index in [1.54, 1.807) is 0 Å². The lowest BCUT2D eigenvalue weighted by Crippen LogP contribution is -2.40. The van der Waals surface area contributed by atoms with Gasteiger partial charge in [-0.3, -0.25) is 4.79 Å². The molecule has 1 unspecified atom stereocenters. The van der Waals surface area contributed by atoms with Gasteiger partial charge in [0, 0.05) is 43.9 Å². The smallest absolute Gasteiger partial charge is 0.224 e. The summed E-state index contributed by atoms with van der Waals surface area (Å²) < 4.78 is 2.13. The van der Waals surface area contributed by atoms with E-state index >= 15 is 0 Å². The number of hydrogen-bond donors (Lipinski definition) is 1. The Balaban J connectivity index is 1.59. The molecule has 0 aliphatic carbocycles. The quantitative estimate of drug-likeness (QED) is 0.927. The van der Waals surface area contributed by atoms with E-state index in [-0.39, 0.29) is 0 Å². The summed E-state index contributed by atoms with van der Waals surface area (Å²) in [5, 5.41) is 3.44. The molecule has 2 fully saturated rings. The van der Waals surface area contributed by atoms with Gasteiger partial charge in [-0.15, -0.1) is 0 Å². The first-order chi connectivity index (χ1) is 11.0. The third-order valence-electron chi connectivity index (χ3n) is 5.58. The number of hydrogen-bond acceptors (Lipinski definition) is 3. The van der Waals surface area contributed by atoms with E-state index in [2.05, 4.69) is 40.5 Å². The van der Waals surface area contributed by atoms with Crippen LogP contribution < -0.4 is 5.32 Å². The number of amides is 1. The molecule has 128 valence electrons. The second-order valence-corrected chi connectivity index (χ2v) is 7.71. The highest BCUT2D eigenvalue weighted by Crippen LogP contribution is 2.42. The highest BCUT2D eigenvalue weighted by atomic mass is 16.2. The van der Waals surface area contributed by atoms with E-state index in [4.69, 9.17) is 0 Å². The number of imidazole rings is 1. The average Bonchev–Trinajstić information content (AvgIpc) is 3.11. The molecule has 1 spiro atoms. The molecule has 2 saturated heterocycles. The SMILES string of the molecule is CC(C)c1nccn1CCC(=O)N1CC2(CCNCC2)CC1C. The van der Waals surface area contributed by atoms with Crippen molar-refractivity contribution in [2.75, 3.05) is 19.6 Å². The Morgan fingerprint density at radius 2 is 2.17 bits per heavy atom. The summed E-state index contributed by atoms with van der Waals surface area (Å²) in [6, 6.07) is 0.382. The molecule has 1 N–H and O–H groups in total. The van der Waals surface area contributed by atoms with Crippen molar-refractivity contribution in [2.24, 2.45) is 5.41 Å². The minimum atomic E-state index is 0.302. The number of carbonyl (C=O) groups is 1. The van der Waals surface area contributed by atoms with E-state index < -0.39 is 0 Å². The molecule has 3 rings (SSSR count). The van der Waals surface area contributed by atoms with Crippen molar-refractivity contribution < 1.29 is 4.79 Å². The number of aryl methyl sites for hydroxylation is 1. The van der Waals surface area contributed by atoms with Crippen LogP contribution in [0, 0.1) is 5.41 Å². The number of likely N-dealkylation sites (tertiary alicyclic amines) is 1. The summed E-state index contributed by atoms with van der Waals surface area (Å²) in [6.45, 7) is 10.4. The second-order valence-electron chi connectivity index (χ2n) is 7.71. The van der Waals surface area contributed by atoms with E-state index in [0.717, 1.165) is 32.0 Å². The van der Waals surface area contributed by atoms with Gasteiger partial charge in [0.15, 0.2) is 0 Å². The number of carbonyl (C=O) groups excluding carboxylic acids is 1. The number of piperidine rings is 1. The van der Waals surface area contributed by atoms with Crippen molar-refractivity contribution in [3.05, 3.63) is 18.2 Å². The Hall–Kier alpha value is -1.36. The van der Waals surface area contributed by atoms with Gasteiger partial charge in [0.1, 0.15) is 5.82 Å². The van der Waals surface area contributed by atoms with Crippen molar-refractivity contribution >= 4 is 5.91 Å². The summed E-state index contributed by atoms with van der Waals surface area (Å²) in [4.78, 5) is 19.3. The van der Waals surface area contributed by atoms with Crippen LogP contribution in [-0.2, 0) is 11.3 Å². The lowest BCUT2D eigenvalue weighted by molar-refractivity contribution is -0.132. The molecule has 5 nitrogen and oxygen atoms in total. The molecule has 0 aromatic carbocycles. The molecule has 23 heavy (non-hydrogen) atoms. The maximum atomic E-state index is 12.7. The molecule has 2 aliphatic rings. The molecule has 1 aromatic rings. The van der Waals surface area contributed by atoms with Crippen LogP contribution in [0.3, 0.4) is 0 Å². The van der Waals surface area contributed by atoms with Gasteiger partial charge in [-0.2, -0.15) is 0 Å². The van der Waals surface area contributed by atoms with Crippen LogP contribution in [0.5, 0.6) is 0 Å². The summed E-state index contributed by atoms with van der Waals surface area (Å²) in [5.74, 6) is 1.77. The van der Waals surface area contributed by atoms with Crippen LogP contribution in [0.25, 0.3) is 0 Å². The van der Waals surface area contributed by atoms with Gasteiger partial charge in [0.05, 0.1) is 0 Å². The third kappa shape index (κ3) is 3.44. The number of aromatic nitrogens is 2. The molecule has 0 saturated carbocycles. The van der Waals surface area contributed by atoms with Gasteiger partial charge in [0.2, 0.25) is 5.91 Å². The summed E-state index contributed by atoms with van der Waals surface area (Å²) >= 11 is 0. The fourth-order valence-electron chi connectivity index (χ4n) is 4.34. The molecule has 1 aromatic heterocycles. The topological polar surface area (TPSA) is 50.2 Å². The Morgan fingerprint density at radius 3 is 2.87 bits per heavy atom. The lowest BCUT2D eigenvalue weighted by atomic mass is 9.77. The van der Waals surface area contributed by atoms with Crippen molar-refractivity contribution in [3.8, 4) is 0 Å². The van der Waals surface area contributed by atoms with Crippen molar-refractivity contribution in [1.82, 2.24) is 19.8 Å². The fourth-order valence-corrected chi connectivity index (χ4v) is 4.34. The Bertz CT molecular complexity index is 545. The van der Waals surface area contributed by atoms with Crippen LogP contribution in [0.1, 0.15) is 58.2 Å². The Kier molecular flexibility index (Phi) is 4.76. The largest absolute Gasteiger partial charge is 0.339 e. The fraction of sp³-hybridized carbons (Fsp3) is 0.778. The van der Waals surface area contributed by atoms with Crippen LogP contribution in [0.2, 0.25) is 0 Å². The molecule has 2 aliphatic heterocycles. The normalized spacial score (nSPS) is 23.8. The molecule has 0 bridgehead atoms. The number of nitrogens with one attached hydrogen (secondary N) is 1. The van der Waals surface area contributed by atoms with Gasteiger partial charge in [0.25, 0.3) is 0 Å². The zero-order valence-electron chi connectivity index (χ0n) is 14.7. The van der Waals surface area contributed by atoms with Crippen molar-refractivity contribution in [3.63, 3.8) is 0 Å². The lowest BCUT2D eigenvalue weighted by Gasteiger charge is -2.33. The van der Waals surface area contributed by atoms with E-state index in [0.29, 0.717) is 29.7 Å². The molecular weight excluding hydrogens is 288 g/mol. The maximum absolute atomic E-state index is 12.7. The van der Waals surface area contributed by atoms with E-state index in [1.807, 2.05) is 12.4 Å². The monoisotopic (exact) mass is 318 g/mol.